The van der Waals surface area contributed by atoms with Gasteiger partial charge >= 0.3 is 0 Å². The third-order valence-corrected chi connectivity index (χ3v) is 7.20. The van der Waals surface area contributed by atoms with Crippen molar-refractivity contribution in [2.45, 2.75) is 65.5 Å². The number of aromatic nitrogens is 2. The zero-order valence-electron chi connectivity index (χ0n) is 20.4. The summed E-state index contributed by atoms with van der Waals surface area (Å²) in [5.74, 6) is 2.86. The molecule has 1 aliphatic rings. The second kappa shape index (κ2) is 11.9. The number of halogens is 1. The van der Waals surface area contributed by atoms with Gasteiger partial charge in [-0.2, -0.15) is 0 Å². The number of ketones is 1. The van der Waals surface area contributed by atoms with Crippen molar-refractivity contribution in [3.63, 3.8) is 0 Å². The summed E-state index contributed by atoms with van der Waals surface area (Å²) >= 11 is 6.00. The number of carbonyl (C=O) groups is 1. The fourth-order valence-electron chi connectivity index (χ4n) is 4.96. The number of Topliss-reactive ketones (excluding diaryl/α,β-unsaturated/α-hetero) is 1. The van der Waals surface area contributed by atoms with Crippen LogP contribution < -0.4 is 4.74 Å². The van der Waals surface area contributed by atoms with E-state index in [4.69, 9.17) is 21.3 Å². The minimum atomic E-state index is 0.301. The molecule has 0 bridgehead atoms. The molecule has 0 saturated carbocycles. The molecule has 0 spiro atoms. The summed E-state index contributed by atoms with van der Waals surface area (Å²) in [4.78, 5) is 18.6. The van der Waals surface area contributed by atoms with Crippen LogP contribution in [0.3, 0.4) is 0 Å². The number of rotatable bonds is 11. The second-order valence-electron chi connectivity index (χ2n) is 9.60. The number of piperidine rings is 1. The summed E-state index contributed by atoms with van der Waals surface area (Å²) < 4.78 is 8.39. The lowest BCUT2D eigenvalue weighted by Crippen LogP contribution is -2.34. The van der Waals surface area contributed by atoms with Crippen LogP contribution in [0.5, 0.6) is 5.75 Å². The van der Waals surface area contributed by atoms with E-state index in [0.29, 0.717) is 23.8 Å². The van der Waals surface area contributed by atoms with Crippen LogP contribution in [0.25, 0.3) is 11.0 Å². The van der Waals surface area contributed by atoms with E-state index in [1.165, 1.54) is 30.3 Å². The SMILES string of the molecule is CC(=O)CCCN1CCC(CCCn2c(COc3ccc(Cl)cc3)nc3c(C)cccc32)CC1. The van der Waals surface area contributed by atoms with Gasteiger partial charge < -0.3 is 19.0 Å². The molecule has 6 heteroatoms. The standard InChI is InChI=1S/C28H36ClN3O2/c1-21-6-3-9-26-28(21)30-27(20-34-25-12-10-24(29)11-13-25)32(26)17-5-8-23-14-18-31(19-15-23)16-4-7-22(2)33/h3,6,9-13,23H,4-5,7-8,14-20H2,1-2H3. The third-order valence-electron chi connectivity index (χ3n) is 6.95. The molecule has 34 heavy (non-hydrogen) atoms. The fourth-order valence-corrected chi connectivity index (χ4v) is 5.09. The molecule has 3 aromatic rings. The molecule has 2 aromatic carbocycles. The highest BCUT2D eigenvalue weighted by Crippen LogP contribution is 2.25. The summed E-state index contributed by atoms with van der Waals surface area (Å²) in [5.41, 5.74) is 3.45. The minimum Gasteiger partial charge on any atom is -0.486 e. The molecule has 1 saturated heterocycles. The van der Waals surface area contributed by atoms with E-state index < -0.39 is 0 Å². The van der Waals surface area contributed by atoms with Crippen molar-refractivity contribution in [1.29, 1.82) is 0 Å². The van der Waals surface area contributed by atoms with Crippen molar-refractivity contribution in [3.05, 3.63) is 58.9 Å². The monoisotopic (exact) mass is 481 g/mol. The van der Waals surface area contributed by atoms with E-state index in [-0.39, 0.29) is 0 Å². The number of fused-ring (bicyclic) bond motifs is 1. The van der Waals surface area contributed by atoms with Gasteiger partial charge in [0.2, 0.25) is 0 Å². The molecule has 0 radical (unpaired) electrons. The van der Waals surface area contributed by atoms with Gasteiger partial charge in [-0.05, 0) is 107 Å². The first-order chi connectivity index (χ1) is 16.5. The van der Waals surface area contributed by atoms with Gasteiger partial charge in [-0.3, -0.25) is 0 Å². The maximum Gasteiger partial charge on any atom is 0.148 e. The molecular formula is C28H36ClN3O2. The van der Waals surface area contributed by atoms with Gasteiger partial charge in [0.15, 0.2) is 0 Å². The van der Waals surface area contributed by atoms with Crippen LogP contribution in [0.15, 0.2) is 42.5 Å². The topological polar surface area (TPSA) is 47.4 Å². The van der Waals surface area contributed by atoms with Crippen LogP contribution in [-0.4, -0.2) is 39.9 Å². The zero-order valence-corrected chi connectivity index (χ0v) is 21.2. The van der Waals surface area contributed by atoms with Gasteiger partial charge in [0, 0.05) is 18.0 Å². The quantitative estimate of drug-likeness (QED) is 0.316. The molecule has 0 amide bonds. The number of carbonyl (C=O) groups excluding carboxylic acids is 1. The first-order valence-electron chi connectivity index (χ1n) is 12.5. The van der Waals surface area contributed by atoms with Crippen molar-refractivity contribution < 1.29 is 9.53 Å². The molecule has 0 N–H and O–H groups in total. The number of hydrogen-bond acceptors (Lipinski definition) is 4. The number of nitrogens with zero attached hydrogens (tertiary/aromatic N) is 3. The maximum absolute atomic E-state index is 11.2. The van der Waals surface area contributed by atoms with Gasteiger partial charge in [0.1, 0.15) is 24.0 Å². The normalized spacial score (nSPS) is 15.1. The summed E-state index contributed by atoms with van der Waals surface area (Å²) in [6.45, 7) is 8.59. The molecule has 182 valence electrons. The first-order valence-corrected chi connectivity index (χ1v) is 12.9. The molecular weight excluding hydrogens is 446 g/mol. The van der Waals surface area contributed by atoms with E-state index in [9.17, 15) is 4.79 Å². The highest BCUT2D eigenvalue weighted by atomic mass is 35.5. The van der Waals surface area contributed by atoms with Gasteiger partial charge in [-0.15, -0.1) is 0 Å². The Bertz CT molecular complexity index is 1080. The molecule has 1 fully saturated rings. The third kappa shape index (κ3) is 6.61. The van der Waals surface area contributed by atoms with Crippen molar-refractivity contribution in [2.75, 3.05) is 19.6 Å². The highest BCUT2D eigenvalue weighted by Gasteiger charge is 2.19. The molecule has 5 nitrogen and oxygen atoms in total. The molecule has 2 heterocycles. The van der Waals surface area contributed by atoms with Gasteiger partial charge in [0.25, 0.3) is 0 Å². The van der Waals surface area contributed by atoms with Crippen LogP contribution in [0, 0.1) is 12.8 Å². The summed E-state index contributed by atoms with van der Waals surface area (Å²) in [6.07, 6.45) is 6.61. The molecule has 1 aromatic heterocycles. The number of aryl methyl sites for hydroxylation is 2. The Kier molecular flexibility index (Phi) is 8.63. The Balaban J connectivity index is 1.33. The molecule has 1 aliphatic heterocycles. The lowest BCUT2D eigenvalue weighted by molar-refractivity contribution is -0.117. The van der Waals surface area contributed by atoms with Crippen LogP contribution in [0.4, 0.5) is 0 Å². The van der Waals surface area contributed by atoms with Crippen molar-refractivity contribution in [1.82, 2.24) is 14.5 Å². The molecule has 0 atom stereocenters. The Morgan fingerprint density at radius 3 is 2.59 bits per heavy atom. The predicted octanol–water partition coefficient (Wildman–Crippen LogP) is 6.44. The number of ether oxygens (including phenoxy) is 1. The molecule has 0 unspecified atom stereocenters. The Morgan fingerprint density at radius 2 is 1.85 bits per heavy atom. The summed E-state index contributed by atoms with van der Waals surface area (Å²) in [6, 6.07) is 13.9. The van der Waals surface area contributed by atoms with E-state index in [1.807, 2.05) is 24.3 Å². The second-order valence-corrected chi connectivity index (χ2v) is 10.0. The van der Waals surface area contributed by atoms with Gasteiger partial charge in [-0.25, -0.2) is 4.98 Å². The van der Waals surface area contributed by atoms with E-state index in [1.54, 1.807) is 6.92 Å². The van der Waals surface area contributed by atoms with E-state index >= 15 is 0 Å². The number of hydrogen-bond donors (Lipinski definition) is 0. The first kappa shape index (κ1) is 24.7. The smallest absolute Gasteiger partial charge is 0.148 e. The minimum absolute atomic E-state index is 0.301. The number of benzene rings is 2. The zero-order chi connectivity index (χ0) is 23.9. The Hall–Kier alpha value is -2.37. The van der Waals surface area contributed by atoms with E-state index in [2.05, 4.69) is 34.6 Å². The number of imidazole rings is 1. The number of para-hydroxylation sites is 1. The largest absolute Gasteiger partial charge is 0.486 e. The lowest BCUT2D eigenvalue weighted by Gasteiger charge is -2.32. The average molecular weight is 482 g/mol. The Morgan fingerprint density at radius 1 is 1.09 bits per heavy atom. The van der Waals surface area contributed by atoms with Crippen LogP contribution in [-0.2, 0) is 17.9 Å². The van der Waals surface area contributed by atoms with Crippen molar-refractivity contribution in [3.8, 4) is 5.75 Å². The van der Waals surface area contributed by atoms with Crippen LogP contribution >= 0.6 is 11.6 Å². The van der Waals surface area contributed by atoms with Gasteiger partial charge in [-0.1, -0.05) is 23.7 Å². The summed E-state index contributed by atoms with van der Waals surface area (Å²) in [7, 11) is 0. The molecule has 0 aliphatic carbocycles. The van der Waals surface area contributed by atoms with E-state index in [0.717, 1.165) is 62.0 Å². The van der Waals surface area contributed by atoms with Crippen LogP contribution in [0.1, 0.15) is 56.8 Å². The average Bonchev–Trinajstić information content (AvgIpc) is 3.18. The van der Waals surface area contributed by atoms with Crippen molar-refractivity contribution >= 4 is 28.4 Å². The fraction of sp³-hybridized carbons (Fsp3) is 0.500. The summed E-state index contributed by atoms with van der Waals surface area (Å²) in [5, 5.41) is 0.706. The number of likely N-dealkylation sites (tertiary alicyclic amines) is 1. The predicted molar refractivity (Wildman–Crippen MR) is 139 cm³/mol. The maximum atomic E-state index is 11.2. The lowest BCUT2D eigenvalue weighted by atomic mass is 9.92. The van der Waals surface area contributed by atoms with Crippen LogP contribution in [0.2, 0.25) is 5.02 Å². The Labute approximate surface area is 208 Å². The van der Waals surface area contributed by atoms with Gasteiger partial charge in [0.05, 0.1) is 11.0 Å². The van der Waals surface area contributed by atoms with Crippen molar-refractivity contribution in [2.24, 2.45) is 5.92 Å². The highest BCUT2D eigenvalue weighted by molar-refractivity contribution is 6.30. The molecule has 4 rings (SSSR count).